The number of methoxy groups -OCH3 is 1. The molecule has 0 heterocycles. The van der Waals surface area contributed by atoms with E-state index >= 15 is 0 Å². The van der Waals surface area contributed by atoms with Crippen LogP contribution in [-0.2, 0) is 16.0 Å². The molecule has 0 amide bonds. The first-order chi connectivity index (χ1) is 8.87. The maximum absolute atomic E-state index is 12.4. The van der Waals surface area contributed by atoms with Crippen molar-refractivity contribution in [2.45, 2.75) is 19.7 Å². The third kappa shape index (κ3) is 4.69. The van der Waals surface area contributed by atoms with Crippen molar-refractivity contribution in [3.05, 3.63) is 23.8 Å². The normalized spacial score (nSPS) is 11.0. The Bertz CT molecular complexity index is 443. The zero-order valence-electron chi connectivity index (χ0n) is 10.4. The molecule has 0 bridgehead atoms. The Kier molecular flexibility index (Phi) is 5.02. The predicted molar refractivity (Wildman–Crippen MR) is 60.0 cm³/mol. The second-order valence-corrected chi connectivity index (χ2v) is 3.48. The molecule has 19 heavy (non-hydrogen) atoms. The summed E-state index contributed by atoms with van der Waals surface area (Å²) < 4.78 is 50.5. The number of hydrogen-bond donors (Lipinski definition) is 0. The number of benzene rings is 1. The minimum absolute atomic E-state index is 0.0510. The van der Waals surface area contributed by atoms with Crippen LogP contribution in [0.4, 0.5) is 13.2 Å². The van der Waals surface area contributed by atoms with Gasteiger partial charge in [-0.1, -0.05) is 12.1 Å². The molecule has 0 fully saturated rings. The van der Waals surface area contributed by atoms with Crippen molar-refractivity contribution >= 4 is 5.97 Å². The average Bonchev–Trinajstić information content (AvgIpc) is 2.31. The largest absolute Gasteiger partial charge is 0.573 e. The van der Waals surface area contributed by atoms with Crippen LogP contribution < -0.4 is 9.47 Å². The van der Waals surface area contributed by atoms with Gasteiger partial charge in [0, 0.05) is 5.56 Å². The van der Waals surface area contributed by atoms with Crippen molar-refractivity contribution in [3.63, 3.8) is 0 Å². The van der Waals surface area contributed by atoms with Gasteiger partial charge in [-0.25, -0.2) is 0 Å². The maximum atomic E-state index is 12.4. The van der Waals surface area contributed by atoms with Crippen LogP contribution in [0.25, 0.3) is 0 Å². The van der Waals surface area contributed by atoms with Crippen LogP contribution in [0.2, 0.25) is 0 Å². The molecule has 0 N–H and O–H groups in total. The Morgan fingerprint density at radius 3 is 2.53 bits per heavy atom. The van der Waals surface area contributed by atoms with Crippen molar-refractivity contribution in [1.29, 1.82) is 0 Å². The summed E-state index contributed by atoms with van der Waals surface area (Å²) in [6.45, 7) is 1.81. The minimum atomic E-state index is -4.86. The van der Waals surface area contributed by atoms with Gasteiger partial charge in [-0.15, -0.1) is 13.2 Å². The molecule has 4 nitrogen and oxygen atoms in total. The molecule has 0 unspecified atom stereocenters. The van der Waals surface area contributed by atoms with Crippen molar-refractivity contribution < 1.29 is 32.2 Å². The summed E-state index contributed by atoms with van der Waals surface area (Å²) in [5.41, 5.74) is 0.0510. The van der Waals surface area contributed by atoms with Crippen LogP contribution in [0.15, 0.2) is 18.2 Å². The van der Waals surface area contributed by atoms with E-state index in [0.29, 0.717) is 0 Å². The van der Waals surface area contributed by atoms with Crippen molar-refractivity contribution in [2.75, 3.05) is 13.7 Å². The first-order valence-corrected chi connectivity index (χ1v) is 5.44. The van der Waals surface area contributed by atoms with Gasteiger partial charge in [-0.2, -0.15) is 0 Å². The topological polar surface area (TPSA) is 44.8 Å². The molecule has 0 radical (unpaired) electrons. The van der Waals surface area contributed by atoms with Crippen LogP contribution in [0.1, 0.15) is 12.5 Å². The van der Waals surface area contributed by atoms with Gasteiger partial charge >= 0.3 is 12.3 Å². The highest BCUT2D eigenvalue weighted by Crippen LogP contribution is 2.36. The van der Waals surface area contributed by atoms with Gasteiger partial charge in [-0.3, -0.25) is 4.79 Å². The monoisotopic (exact) mass is 278 g/mol. The fourth-order valence-electron chi connectivity index (χ4n) is 1.43. The number of rotatable bonds is 5. The average molecular weight is 278 g/mol. The predicted octanol–water partition coefficient (Wildman–Crippen LogP) is 2.70. The van der Waals surface area contributed by atoms with E-state index < -0.39 is 18.1 Å². The van der Waals surface area contributed by atoms with E-state index in [9.17, 15) is 18.0 Å². The fourth-order valence-corrected chi connectivity index (χ4v) is 1.43. The van der Waals surface area contributed by atoms with Crippen LogP contribution >= 0.6 is 0 Å². The van der Waals surface area contributed by atoms with Crippen LogP contribution in [-0.4, -0.2) is 26.0 Å². The first-order valence-electron chi connectivity index (χ1n) is 5.44. The van der Waals surface area contributed by atoms with Gasteiger partial charge in [0.25, 0.3) is 0 Å². The Hall–Kier alpha value is -1.92. The number of ether oxygens (including phenoxy) is 3. The Morgan fingerprint density at radius 1 is 1.32 bits per heavy atom. The summed E-state index contributed by atoms with van der Waals surface area (Å²) in [6.07, 6.45) is -5.19. The van der Waals surface area contributed by atoms with Gasteiger partial charge in [0.15, 0.2) is 11.5 Å². The highest BCUT2D eigenvalue weighted by molar-refractivity contribution is 5.74. The Balaban J connectivity index is 3.13. The number of carbonyl (C=O) groups is 1. The smallest absolute Gasteiger partial charge is 0.490 e. The number of alkyl halides is 3. The number of esters is 1. The molecule has 7 heteroatoms. The minimum Gasteiger partial charge on any atom is -0.490 e. The second-order valence-electron chi connectivity index (χ2n) is 3.48. The molecule has 0 spiro atoms. The Morgan fingerprint density at radius 2 is 2.00 bits per heavy atom. The summed E-state index contributed by atoms with van der Waals surface area (Å²) in [5, 5.41) is 0. The molecule has 1 rings (SSSR count). The van der Waals surface area contributed by atoms with E-state index in [2.05, 4.69) is 9.47 Å². The van der Waals surface area contributed by atoms with Gasteiger partial charge < -0.3 is 14.2 Å². The van der Waals surface area contributed by atoms with Crippen molar-refractivity contribution in [2.24, 2.45) is 0 Å². The fraction of sp³-hybridized carbons (Fsp3) is 0.417. The molecular weight excluding hydrogens is 265 g/mol. The summed E-state index contributed by atoms with van der Waals surface area (Å²) >= 11 is 0. The molecule has 0 aliphatic heterocycles. The lowest BCUT2D eigenvalue weighted by Crippen LogP contribution is -2.19. The van der Waals surface area contributed by atoms with E-state index in [0.717, 1.165) is 7.11 Å². The first kappa shape index (κ1) is 15.1. The van der Waals surface area contributed by atoms with Crippen LogP contribution in [0.3, 0.4) is 0 Å². The molecule has 0 aliphatic carbocycles. The molecule has 0 saturated heterocycles. The van der Waals surface area contributed by atoms with E-state index in [4.69, 9.17) is 4.74 Å². The van der Waals surface area contributed by atoms with Crippen molar-refractivity contribution in [1.82, 2.24) is 0 Å². The lowest BCUT2D eigenvalue weighted by Gasteiger charge is -2.16. The molecular formula is C12H13F3O4. The summed E-state index contributed by atoms with van der Waals surface area (Å²) in [7, 11) is 1.15. The molecule has 0 saturated carbocycles. The summed E-state index contributed by atoms with van der Waals surface area (Å²) in [4.78, 5) is 11.2. The Labute approximate surface area is 108 Å². The number of carbonyl (C=O) groups excluding carboxylic acids is 1. The zero-order valence-corrected chi connectivity index (χ0v) is 10.4. The van der Waals surface area contributed by atoms with Crippen LogP contribution in [0.5, 0.6) is 11.5 Å². The molecule has 0 atom stereocenters. The molecule has 1 aromatic rings. The molecule has 106 valence electrons. The quantitative estimate of drug-likeness (QED) is 0.777. The molecule has 0 aliphatic rings. The number of para-hydroxylation sites is 1. The van der Waals surface area contributed by atoms with E-state index in [1.54, 1.807) is 6.92 Å². The van der Waals surface area contributed by atoms with Crippen molar-refractivity contribution in [3.8, 4) is 11.5 Å². The SMILES string of the molecule is CCOc1cccc(CC(=O)OC)c1OC(F)(F)F. The van der Waals surface area contributed by atoms with Gasteiger partial charge in [-0.05, 0) is 13.0 Å². The molecule has 1 aromatic carbocycles. The highest BCUT2D eigenvalue weighted by Gasteiger charge is 2.34. The maximum Gasteiger partial charge on any atom is 0.573 e. The van der Waals surface area contributed by atoms with Gasteiger partial charge in [0.05, 0.1) is 20.1 Å². The highest BCUT2D eigenvalue weighted by atomic mass is 19.4. The van der Waals surface area contributed by atoms with E-state index in [1.807, 2.05) is 0 Å². The van der Waals surface area contributed by atoms with Gasteiger partial charge in [0.1, 0.15) is 0 Å². The van der Waals surface area contributed by atoms with Gasteiger partial charge in [0.2, 0.25) is 0 Å². The van der Waals surface area contributed by atoms with E-state index in [1.165, 1.54) is 18.2 Å². The lowest BCUT2D eigenvalue weighted by atomic mass is 10.1. The van der Waals surface area contributed by atoms with E-state index in [-0.39, 0.29) is 24.3 Å². The van der Waals surface area contributed by atoms with Crippen LogP contribution in [0, 0.1) is 0 Å². The third-order valence-electron chi connectivity index (χ3n) is 2.14. The second kappa shape index (κ2) is 6.31. The molecule has 0 aromatic heterocycles. The summed E-state index contributed by atoms with van der Waals surface area (Å²) in [5.74, 6) is -1.25. The number of halogens is 3. The standard InChI is InChI=1S/C12H13F3O4/c1-3-18-9-6-4-5-8(7-10(16)17-2)11(9)19-12(13,14)15/h4-6H,3,7H2,1-2H3. The lowest BCUT2D eigenvalue weighted by molar-refractivity contribution is -0.275. The zero-order chi connectivity index (χ0) is 14.5. The number of hydrogen-bond acceptors (Lipinski definition) is 4. The third-order valence-corrected chi connectivity index (χ3v) is 2.14. The summed E-state index contributed by atoms with van der Waals surface area (Å²) in [6, 6.07) is 4.17.